The summed E-state index contributed by atoms with van der Waals surface area (Å²) in [6, 6.07) is 9.74. The SMILES string of the molecule is CN(C)C(=O)Cn1cc(C(=O)N(CCCN)Cc2ccccc2)nn1.Cl. The van der Waals surface area contributed by atoms with Crippen molar-refractivity contribution in [2.75, 3.05) is 27.2 Å². The van der Waals surface area contributed by atoms with Gasteiger partial charge in [0.1, 0.15) is 6.54 Å². The van der Waals surface area contributed by atoms with Crippen LogP contribution in [0.3, 0.4) is 0 Å². The fourth-order valence-corrected chi connectivity index (χ4v) is 2.25. The van der Waals surface area contributed by atoms with Crippen LogP contribution in [0.25, 0.3) is 0 Å². The van der Waals surface area contributed by atoms with Crippen molar-refractivity contribution >= 4 is 24.2 Å². The summed E-state index contributed by atoms with van der Waals surface area (Å²) < 4.78 is 1.37. The predicted molar refractivity (Wildman–Crippen MR) is 101 cm³/mol. The van der Waals surface area contributed by atoms with Gasteiger partial charge in [-0.15, -0.1) is 17.5 Å². The summed E-state index contributed by atoms with van der Waals surface area (Å²) in [4.78, 5) is 27.7. The Kier molecular flexibility index (Phi) is 8.74. The molecule has 0 fully saturated rings. The average molecular weight is 381 g/mol. The van der Waals surface area contributed by atoms with Gasteiger partial charge in [0, 0.05) is 27.2 Å². The molecule has 0 saturated carbocycles. The highest BCUT2D eigenvalue weighted by molar-refractivity contribution is 5.92. The summed E-state index contributed by atoms with van der Waals surface area (Å²) in [6.07, 6.45) is 2.20. The number of carbonyl (C=O) groups is 2. The number of nitrogens with zero attached hydrogens (tertiary/aromatic N) is 5. The topological polar surface area (TPSA) is 97.4 Å². The minimum absolute atomic E-state index is 0. The number of likely N-dealkylation sites (N-methyl/N-ethyl adjacent to an activating group) is 1. The van der Waals surface area contributed by atoms with Gasteiger partial charge in [-0.2, -0.15) is 0 Å². The number of hydrogen-bond donors (Lipinski definition) is 1. The number of halogens is 1. The first-order valence-electron chi connectivity index (χ1n) is 8.15. The summed E-state index contributed by atoms with van der Waals surface area (Å²) in [5.41, 5.74) is 6.84. The van der Waals surface area contributed by atoms with Gasteiger partial charge in [-0.05, 0) is 18.5 Å². The lowest BCUT2D eigenvalue weighted by atomic mass is 10.2. The van der Waals surface area contributed by atoms with Gasteiger partial charge in [0.2, 0.25) is 5.91 Å². The zero-order valence-electron chi connectivity index (χ0n) is 15.0. The van der Waals surface area contributed by atoms with E-state index in [0.29, 0.717) is 26.1 Å². The molecular formula is C17H25ClN6O2. The van der Waals surface area contributed by atoms with Gasteiger partial charge in [0.05, 0.1) is 6.20 Å². The van der Waals surface area contributed by atoms with Crippen molar-refractivity contribution in [3.8, 4) is 0 Å². The third-order valence-corrected chi connectivity index (χ3v) is 3.69. The number of aromatic nitrogens is 3. The van der Waals surface area contributed by atoms with Gasteiger partial charge >= 0.3 is 0 Å². The Bertz CT molecular complexity index is 704. The molecule has 2 rings (SSSR count). The summed E-state index contributed by atoms with van der Waals surface area (Å²) in [7, 11) is 3.33. The summed E-state index contributed by atoms with van der Waals surface area (Å²) in [5, 5.41) is 7.80. The molecule has 0 aliphatic rings. The highest BCUT2D eigenvalue weighted by atomic mass is 35.5. The van der Waals surface area contributed by atoms with E-state index in [1.165, 1.54) is 15.8 Å². The number of nitrogens with two attached hydrogens (primary N) is 1. The van der Waals surface area contributed by atoms with E-state index < -0.39 is 0 Å². The normalized spacial score (nSPS) is 10.1. The standard InChI is InChI=1S/C17H24N6O2.ClH/c1-21(2)16(24)13-23-12-15(19-20-23)17(25)22(10-6-9-18)11-14-7-4-3-5-8-14;/h3-5,7-8,12H,6,9-11,13,18H2,1-2H3;1H. The van der Waals surface area contributed by atoms with Crippen molar-refractivity contribution in [1.82, 2.24) is 24.8 Å². The number of amides is 2. The smallest absolute Gasteiger partial charge is 0.276 e. The Morgan fingerprint density at radius 2 is 1.88 bits per heavy atom. The Labute approximate surface area is 159 Å². The average Bonchev–Trinajstić information content (AvgIpc) is 3.07. The second kappa shape index (κ2) is 10.5. The summed E-state index contributed by atoms with van der Waals surface area (Å²) >= 11 is 0. The molecule has 1 aromatic heterocycles. The lowest BCUT2D eigenvalue weighted by Crippen LogP contribution is -2.32. The lowest BCUT2D eigenvalue weighted by molar-refractivity contribution is -0.129. The fraction of sp³-hybridized carbons (Fsp3) is 0.412. The fourth-order valence-electron chi connectivity index (χ4n) is 2.25. The van der Waals surface area contributed by atoms with Crippen molar-refractivity contribution in [1.29, 1.82) is 0 Å². The van der Waals surface area contributed by atoms with Gasteiger partial charge in [-0.25, -0.2) is 4.68 Å². The third-order valence-electron chi connectivity index (χ3n) is 3.69. The lowest BCUT2D eigenvalue weighted by Gasteiger charge is -2.21. The molecule has 0 aliphatic carbocycles. The van der Waals surface area contributed by atoms with E-state index in [9.17, 15) is 9.59 Å². The molecule has 9 heteroatoms. The number of rotatable bonds is 8. The number of carbonyl (C=O) groups excluding carboxylic acids is 2. The Morgan fingerprint density at radius 1 is 1.19 bits per heavy atom. The predicted octanol–water partition coefficient (Wildman–Crippen LogP) is 0.779. The second-order valence-electron chi connectivity index (χ2n) is 5.94. The van der Waals surface area contributed by atoms with E-state index in [0.717, 1.165) is 5.56 Å². The van der Waals surface area contributed by atoms with E-state index in [-0.39, 0.29) is 36.5 Å². The molecule has 142 valence electrons. The maximum atomic E-state index is 12.8. The summed E-state index contributed by atoms with van der Waals surface area (Å²) in [5.74, 6) is -0.339. The molecule has 2 aromatic rings. The maximum absolute atomic E-state index is 12.8. The van der Waals surface area contributed by atoms with E-state index >= 15 is 0 Å². The van der Waals surface area contributed by atoms with Crippen LogP contribution in [0.4, 0.5) is 0 Å². The molecule has 0 radical (unpaired) electrons. The highest BCUT2D eigenvalue weighted by Crippen LogP contribution is 2.09. The minimum Gasteiger partial charge on any atom is -0.347 e. The first-order valence-corrected chi connectivity index (χ1v) is 8.15. The second-order valence-corrected chi connectivity index (χ2v) is 5.94. The van der Waals surface area contributed by atoms with Crippen LogP contribution in [0.2, 0.25) is 0 Å². The van der Waals surface area contributed by atoms with Gasteiger partial charge in [0.15, 0.2) is 5.69 Å². The zero-order chi connectivity index (χ0) is 18.2. The van der Waals surface area contributed by atoms with Crippen LogP contribution < -0.4 is 5.73 Å². The maximum Gasteiger partial charge on any atom is 0.276 e. The van der Waals surface area contributed by atoms with E-state index in [1.54, 1.807) is 19.0 Å². The molecule has 0 unspecified atom stereocenters. The molecule has 8 nitrogen and oxygen atoms in total. The van der Waals surface area contributed by atoms with Crippen LogP contribution in [-0.2, 0) is 17.9 Å². The van der Waals surface area contributed by atoms with Crippen molar-refractivity contribution in [3.63, 3.8) is 0 Å². The van der Waals surface area contributed by atoms with Crippen LogP contribution in [0.5, 0.6) is 0 Å². The number of benzene rings is 1. The summed E-state index contributed by atoms with van der Waals surface area (Å²) in [6.45, 7) is 1.56. The van der Waals surface area contributed by atoms with E-state index in [1.807, 2.05) is 30.3 Å². The molecular weight excluding hydrogens is 356 g/mol. The van der Waals surface area contributed by atoms with Gasteiger partial charge in [-0.3, -0.25) is 9.59 Å². The molecule has 0 spiro atoms. The minimum atomic E-state index is -0.221. The molecule has 0 bridgehead atoms. The zero-order valence-corrected chi connectivity index (χ0v) is 15.9. The van der Waals surface area contributed by atoms with Gasteiger partial charge < -0.3 is 15.5 Å². The van der Waals surface area contributed by atoms with Crippen molar-refractivity contribution in [3.05, 3.63) is 47.8 Å². The first kappa shape index (κ1) is 21.6. The quantitative estimate of drug-likeness (QED) is 0.729. The van der Waals surface area contributed by atoms with Crippen molar-refractivity contribution in [2.45, 2.75) is 19.5 Å². The van der Waals surface area contributed by atoms with Crippen LogP contribution in [-0.4, -0.2) is 63.8 Å². The van der Waals surface area contributed by atoms with Crippen LogP contribution in [0.15, 0.2) is 36.5 Å². The van der Waals surface area contributed by atoms with Crippen LogP contribution >= 0.6 is 12.4 Å². The van der Waals surface area contributed by atoms with Gasteiger partial charge in [-0.1, -0.05) is 35.5 Å². The molecule has 0 atom stereocenters. The molecule has 1 heterocycles. The van der Waals surface area contributed by atoms with Crippen molar-refractivity contribution in [2.24, 2.45) is 5.73 Å². The number of hydrogen-bond acceptors (Lipinski definition) is 5. The van der Waals surface area contributed by atoms with Crippen molar-refractivity contribution < 1.29 is 9.59 Å². The monoisotopic (exact) mass is 380 g/mol. The highest BCUT2D eigenvalue weighted by Gasteiger charge is 2.20. The molecule has 26 heavy (non-hydrogen) atoms. The largest absolute Gasteiger partial charge is 0.347 e. The Hall–Kier alpha value is -2.45. The molecule has 2 amide bonds. The van der Waals surface area contributed by atoms with E-state index in [2.05, 4.69) is 10.3 Å². The Balaban J connectivity index is 0.00000338. The molecule has 0 aliphatic heterocycles. The van der Waals surface area contributed by atoms with Gasteiger partial charge in [0.25, 0.3) is 5.91 Å². The molecule has 0 saturated heterocycles. The molecule has 1 aromatic carbocycles. The van der Waals surface area contributed by atoms with Crippen LogP contribution in [0, 0.1) is 0 Å². The first-order chi connectivity index (χ1) is 12.0. The van der Waals surface area contributed by atoms with Crippen LogP contribution in [0.1, 0.15) is 22.5 Å². The van der Waals surface area contributed by atoms with E-state index in [4.69, 9.17) is 5.73 Å². The third kappa shape index (κ3) is 6.12. The Morgan fingerprint density at radius 3 is 2.50 bits per heavy atom. The molecule has 2 N–H and O–H groups in total.